The summed E-state index contributed by atoms with van der Waals surface area (Å²) in [5, 5.41) is 1.19. The summed E-state index contributed by atoms with van der Waals surface area (Å²) >= 11 is 3.58. The maximum atomic E-state index is 3.58. The first-order valence-corrected chi connectivity index (χ1v) is 6.70. The lowest BCUT2D eigenvalue weighted by Crippen LogP contribution is -2.27. The van der Waals surface area contributed by atoms with Crippen molar-refractivity contribution in [1.82, 2.24) is 4.90 Å². The molecule has 0 spiro atoms. The second kappa shape index (κ2) is 6.02. The van der Waals surface area contributed by atoms with Gasteiger partial charge >= 0.3 is 0 Å². The average molecular weight is 248 g/mol. The second-order valence-corrected chi connectivity index (χ2v) is 4.90. The zero-order valence-electron chi connectivity index (χ0n) is 8.93. The van der Waals surface area contributed by atoms with E-state index < -0.39 is 0 Å². The minimum Gasteiger partial charge on any atom is -0.303 e. The molecular formula is C11H22BrN. The van der Waals surface area contributed by atoms with Gasteiger partial charge in [0.15, 0.2) is 0 Å². The monoisotopic (exact) mass is 247 g/mol. The number of likely N-dealkylation sites (tertiary alicyclic amines) is 1. The fourth-order valence-corrected chi connectivity index (χ4v) is 2.65. The average Bonchev–Trinajstić information content (AvgIpc) is 2.61. The zero-order chi connectivity index (χ0) is 9.68. The number of rotatable bonds is 5. The van der Waals surface area contributed by atoms with E-state index in [2.05, 4.69) is 34.7 Å². The number of nitrogens with zero attached hydrogens (tertiary/aromatic N) is 1. The number of halogens is 1. The van der Waals surface area contributed by atoms with Gasteiger partial charge in [0, 0.05) is 18.4 Å². The summed E-state index contributed by atoms with van der Waals surface area (Å²) in [4.78, 5) is 2.64. The van der Waals surface area contributed by atoms with Gasteiger partial charge < -0.3 is 4.90 Å². The Morgan fingerprint density at radius 1 is 1.38 bits per heavy atom. The van der Waals surface area contributed by atoms with Crippen molar-refractivity contribution < 1.29 is 0 Å². The second-order valence-electron chi connectivity index (χ2n) is 4.25. The van der Waals surface area contributed by atoms with Gasteiger partial charge in [0.25, 0.3) is 0 Å². The predicted molar refractivity (Wildman–Crippen MR) is 62.4 cm³/mol. The van der Waals surface area contributed by atoms with Crippen molar-refractivity contribution >= 4 is 15.9 Å². The molecule has 1 atom stereocenters. The normalized spacial score (nSPS) is 24.5. The van der Waals surface area contributed by atoms with Gasteiger partial charge in [-0.2, -0.15) is 0 Å². The Morgan fingerprint density at radius 3 is 2.54 bits per heavy atom. The Labute approximate surface area is 91.0 Å². The van der Waals surface area contributed by atoms with Crippen LogP contribution in [0, 0.1) is 11.8 Å². The fourth-order valence-electron chi connectivity index (χ4n) is 2.12. The Bertz CT molecular complexity index is 134. The lowest BCUT2D eigenvalue weighted by atomic mass is 10.0. The number of hydrogen-bond donors (Lipinski definition) is 0. The highest BCUT2D eigenvalue weighted by Crippen LogP contribution is 2.20. The highest BCUT2D eigenvalue weighted by Gasteiger charge is 2.22. The van der Waals surface area contributed by atoms with E-state index in [0.29, 0.717) is 0 Å². The van der Waals surface area contributed by atoms with Crippen molar-refractivity contribution in [3.8, 4) is 0 Å². The molecule has 1 rings (SSSR count). The molecule has 1 nitrogen and oxygen atoms in total. The van der Waals surface area contributed by atoms with Crippen LogP contribution in [0.3, 0.4) is 0 Å². The van der Waals surface area contributed by atoms with Crippen LogP contribution >= 0.6 is 15.9 Å². The van der Waals surface area contributed by atoms with Gasteiger partial charge in [-0.3, -0.25) is 0 Å². The molecule has 13 heavy (non-hydrogen) atoms. The van der Waals surface area contributed by atoms with Crippen molar-refractivity contribution in [1.29, 1.82) is 0 Å². The van der Waals surface area contributed by atoms with E-state index in [4.69, 9.17) is 0 Å². The summed E-state index contributed by atoms with van der Waals surface area (Å²) in [7, 11) is 0. The Kier molecular flexibility index (Phi) is 5.34. The van der Waals surface area contributed by atoms with Gasteiger partial charge in [-0.1, -0.05) is 42.6 Å². The maximum absolute atomic E-state index is 3.58. The summed E-state index contributed by atoms with van der Waals surface area (Å²) in [6, 6.07) is 0. The first-order valence-electron chi connectivity index (χ1n) is 5.58. The molecule has 1 aliphatic rings. The molecule has 1 heterocycles. The van der Waals surface area contributed by atoms with Crippen LogP contribution < -0.4 is 0 Å². The number of hydrogen-bond acceptors (Lipinski definition) is 1. The van der Waals surface area contributed by atoms with Gasteiger partial charge in [-0.15, -0.1) is 0 Å². The van der Waals surface area contributed by atoms with Gasteiger partial charge in [-0.25, -0.2) is 0 Å². The molecule has 2 heteroatoms. The quantitative estimate of drug-likeness (QED) is 0.675. The van der Waals surface area contributed by atoms with E-state index >= 15 is 0 Å². The zero-order valence-corrected chi connectivity index (χ0v) is 10.5. The van der Waals surface area contributed by atoms with Gasteiger partial charge in [0.1, 0.15) is 0 Å². The van der Waals surface area contributed by atoms with Crippen LogP contribution in [-0.2, 0) is 0 Å². The molecule has 0 aromatic heterocycles. The van der Waals surface area contributed by atoms with Crippen LogP contribution in [0.2, 0.25) is 0 Å². The van der Waals surface area contributed by atoms with E-state index in [1.807, 2.05) is 0 Å². The maximum Gasteiger partial charge on any atom is 0.00723 e. The Morgan fingerprint density at radius 2 is 2.08 bits per heavy atom. The van der Waals surface area contributed by atoms with E-state index in [0.717, 1.165) is 11.8 Å². The molecule has 1 aliphatic heterocycles. The number of alkyl halides is 1. The molecule has 0 aliphatic carbocycles. The predicted octanol–water partition coefficient (Wildman–Crippen LogP) is 3.14. The summed E-state index contributed by atoms with van der Waals surface area (Å²) in [6.45, 7) is 8.60. The summed E-state index contributed by atoms with van der Waals surface area (Å²) in [5.74, 6) is 1.84. The third-order valence-electron chi connectivity index (χ3n) is 3.26. The van der Waals surface area contributed by atoms with Gasteiger partial charge in [-0.05, 0) is 24.8 Å². The van der Waals surface area contributed by atoms with Gasteiger partial charge in [0.2, 0.25) is 0 Å². The molecule has 1 fully saturated rings. The van der Waals surface area contributed by atoms with E-state index in [-0.39, 0.29) is 0 Å². The molecule has 78 valence electrons. The molecule has 1 saturated heterocycles. The molecule has 0 amide bonds. The molecule has 0 aromatic carbocycles. The lowest BCUT2D eigenvalue weighted by Gasteiger charge is -2.21. The van der Waals surface area contributed by atoms with E-state index in [1.165, 1.54) is 44.2 Å². The van der Waals surface area contributed by atoms with E-state index in [9.17, 15) is 0 Å². The summed E-state index contributed by atoms with van der Waals surface area (Å²) < 4.78 is 0. The Hall–Kier alpha value is 0.440. The third kappa shape index (κ3) is 3.59. The molecule has 1 unspecified atom stereocenters. The fraction of sp³-hybridized carbons (Fsp3) is 1.00. The van der Waals surface area contributed by atoms with Crippen molar-refractivity contribution in [2.24, 2.45) is 11.8 Å². The molecule has 0 saturated carbocycles. The van der Waals surface area contributed by atoms with Crippen molar-refractivity contribution in [2.45, 2.75) is 33.1 Å². The van der Waals surface area contributed by atoms with Crippen molar-refractivity contribution in [3.63, 3.8) is 0 Å². The summed E-state index contributed by atoms with van der Waals surface area (Å²) in [6.07, 6.45) is 4.07. The van der Waals surface area contributed by atoms with Crippen LogP contribution in [0.4, 0.5) is 0 Å². The molecule has 0 bridgehead atoms. The lowest BCUT2D eigenvalue weighted by molar-refractivity contribution is 0.262. The van der Waals surface area contributed by atoms with E-state index in [1.54, 1.807) is 0 Å². The van der Waals surface area contributed by atoms with Gasteiger partial charge in [0.05, 0.1) is 0 Å². The molecule has 0 radical (unpaired) electrons. The van der Waals surface area contributed by atoms with Crippen LogP contribution in [0.15, 0.2) is 0 Å². The van der Waals surface area contributed by atoms with Crippen LogP contribution in [0.25, 0.3) is 0 Å². The minimum absolute atomic E-state index is 0.911. The van der Waals surface area contributed by atoms with Crippen LogP contribution in [0.1, 0.15) is 33.1 Å². The molecular weight excluding hydrogens is 226 g/mol. The third-order valence-corrected chi connectivity index (χ3v) is 4.17. The van der Waals surface area contributed by atoms with Crippen LogP contribution in [-0.4, -0.2) is 29.9 Å². The summed E-state index contributed by atoms with van der Waals surface area (Å²) in [5.41, 5.74) is 0. The molecule has 0 aromatic rings. The standard InChI is InChI=1S/C11H22BrN/c1-3-10(4-2)8-13-6-5-11(7-12)9-13/h10-11H,3-9H2,1-2H3. The topological polar surface area (TPSA) is 3.24 Å². The SMILES string of the molecule is CCC(CC)CN1CCC(CBr)C1. The Balaban J connectivity index is 2.22. The van der Waals surface area contributed by atoms with Crippen molar-refractivity contribution in [2.75, 3.05) is 25.0 Å². The first kappa shape index (κ1) is 11.5. The largest absolute Gasteiger partial charge is 0.303 e. The first-order chi connectivity index (χ1) is 6.30. The molecule has 0 N–H and O–H groups in total. The highest BCUT2D eigenvalue weighted by molar-refractivity contribution is 9.09. The van der Waals surface area contributed by atoms with Crippen molar-refractivity contribution in [3.05, 3.63) is 0 Å². The van der Waals surface area contributed by atoms with Crippen LogP contribution in [0.5, 0.6) is 0 Å². The smallest absolute Gasteiger partial charge is 0.00723 e. The highest BCUT2D eigenvalue weighted by atomic mass is 79.9. The minimum atomic E-state index is 0.911.